The lowest BCUT2D eigenvalue weighted by Crippen LogP contribution is -2.21. The van der Waals surface area contributed by atoms with Crippen LogP contribution in [0.25, 0.3) is 11.6 Å². The van der Waals surface area contributed by atoms with Crippen molar-refractivity contribution in [1.82, 2.24) is 4.98 Å². The highest BCUT2D eigenvalue weighted by molar-refractivity contribution is 6.30. The molecule has 0 spiro atoms. The highest BCUT2D eigenvalue weighted by atomic mass is 35.5. The zero-order chi connectivity index (χ0) is 21.3. The van der Waals surface area contributed by atoms with Crippen molar-refractivity contribution in [3.8, 4) is 5.75 Å². The van der Waals surface area contributed by atoms with E-state index in [1.54, 1.807) is 43.5 Å². The van der Waals surface area contributed by atoms with Gasteiger partial charge in [-0.15, -0.1) is 0 Å². The maximum atomic E-state index is 12.8. The number of benzene rings is 2. The molecule has 7 heteroatoms. The fraction of sp³-hybridized carbons (Fsp3) is 0.0870. The molecule has 0 unspecified atom stereocenters. The number of amides is 1. The van der Waals surface area contributed by atoms with Gasteiger partial charge < -0.3 is 14.8 Å². The van der Waals surface area contributed by atoms with Crippen molar-refractivity contribution < 1.29 is 19.1 Å². The van der Waals surface area contributed by atoms with E-state index in [2.05, 4.69) is 10.3 Å². The molecule has 1 N–H and O–H groups in total. The first-order valence-corrected chi connectivity index (χ1v) is 9.42. The summed E-state index contributed by atoms with van der Waals surface area (Å²) in [5, 5.41) is 3.00. The number of carbonyl (C=O) groups is 2. The number of hydrogen-bond acceptors (Lipinski definition) is 5. The zero-order valence-corrected chi connectivity index (χ0v) is 16.9. The van der Waals surface area contributed by atoms with Gasteiger partial charge in [0.1, 0.15) is 11.6 Å². The summed E-state index contributed by atoms with van der Waals surface area (Å²) >= 11 is 5.77. The number of aromatic nitrogens is 1. The van der Waals surface area contributed by atoms with Gasteiger partial charge in [-0.3, -0.25) is 4.79 Å². The van der Waals surface area contributed by atoms with Gasteiger partial charge in [0, 0.05) is 6.20 Å². The Morgan fingerprint density at radius 2 is 1.87 bits per heavy atom. The van der Waals surface area contributed by atoms with E-state index in [0.29, 0.717) is 27.7 Å². The number of halogens is 1. The zero-order valence-electron chi connectivity index (χ0n) is 16.2. The number of methoxy groups -OCH3 is 1. The minimum absolute atomic E-state index is 0.315. The molecule has 3 rings (SSSR count). The molecule has 3 aromatic rings. The predicted octanol–water partition coefficient (Wildman–Crippen LogP) is 4.47. The van der Waals surface area contributed by atoms with Crippen molar-refractivity contribution in [1.29, 1.82) is 0 Å². The number of rotatable bonds is 7. The number of pyridine rings is 1. The number of anilines is 1. The van der Waals surface area contributed by atoms with Crippen LogP contribution in [0.1, 0.15) is 11.1 Å². The third-order valence-electron chi connectivity index (χ3n) is 4.04. The first kappa shape index (κ1) is 21.1. The van der Waals surface area contributed by atoms with Gasteiger partial charge in [-0.1, -0.05) is 54.1 Å². The summed E-state index contributed by atoms with van der Waals surface area (Å²) in [7, 11) is 1.57. The van der Waals surface area contributed by atoms with Gasteiger partial charge in [0.15, 0.2) is 6.61 Å². The standard InChI is InChI=1S/C23H19ClN2O4/c1-29-19-9-5-6-16(12-19)13-20(17-7-3-2-4-8-17)23(28)30-15-22(27)26-21-11-10-18(24)14-25-21/h2-14H,15H2,1H3,(H,25,26,27)/b20-13+. The van der Waals surface area contributed by atoms with Gasteiger partial charge in [-0.2, -0.15) is 0 Å². The van der Waals surface area contributed by atoms with Crippen molar-refractivity contribution in [2.45, 2.75) is 0 Å². The van der Waals surface area contributed by atoms with Gasteiger partial charge in [0.2, 0.25) is 0 Å². The van der Waals surface area contributed by atoms with E-state index in [-0.39, 0.29) is 0 Å². The molecule has 2 aromatic carbocycles. The molecule has 30 heavy (non-hydrogen) atoms. The molecular weight excluding hydrogens is 404 g/mol. The number of esters is 1. The van der Waals surface area contributed by atoms with Gasteiger partial charge in [0.05, 0.1) is 17.7 Å². The van der Waals surface area contributed by atoms with E-state index in [1.807, 2.05) is 36.4 Å². The van der Waals surface area contributed by atoms with Crippen molar-refractivity contribution >= 4 is 40.9 Å². The first-order chi connectivity index (χ1) is 14.5. The first-order valence-electron chi connectivity index (χ1n) is 9.05. The Labute approximate surface area is 179 Å². The summed E-state index contributed by atoms with van der Waals surface area (Å²) in [5.74, 6) is -0.148. The second kappa shape index (κ2) is 10.2. The molecule has 0 saturated heterocycles. The maximum Gasteiger partial charge on any atom is 0.339 e. The van der Waals surface area contributed by atoms with Gasteiger partial charge in [-0.25, -0.2) is 9.78 Å². The molecule has 1 heterocycles. The molecule has 0 saturated carbocycles. The average Bonchev–Trinajstić information content (AvgIpc) is 2.78. The highest BCUT2D eigenvalue weighted by Crippen LogP contribution is 2.22. The van der Waals surface area contributed by atoms with E-state index >= 15 is 0 Å². The molecule has 1 amide bonds. The Balaban J connectivity index is 1.74. The van der Waals surface area contributed by atoms with E-state index in [0.717, 1.165) is 5.56 Å². The Morgan fingerprint density at radius 3 is 2.57 bits per heavy atom. The molecule has 1 aromatic heterocycles. The smallest absolute Gasteiger partial charge is 0.339 e. The van der Waals surface area contributed by atoms with Crippen LogP contribution in [-0.4, -0.2) is 30.6 Å². The van der Waals surface area contributed by atoms with Crippen molar-refractivity contribution in [3.63, 3.8) is 0 Å². The summed E-state index contributed by atoms with van der Waals surface area (Å²) in [6, 6.07) is 19.5. The summed E-state index contributed by atoms with van der Waals surface area (Å²) in [4.78, 5) is 28.8. The molecular formula is C23H19ClN2O4. The summed E-state index contributed by atoms with van der Waals surface area (Å²) in [5.41, 5.74) is 1.76. The number of nitrogens with zero attached hydrogens (tertiary/aromatic N) is 1. The second-order valence-electron chi connectivity index (χ2n) is 6.19. The predicted molar refractivity (Wildman–Crippen MR) is 116 cm³/mol. The fourth-order valence-corrected chi connectivity index (χ4v) is 2.73. The Morgan fingerprint density at radius 1 is 1.07 bits per heavy atom. The lowest BCUT2D eigenvalue weighted by atomic mass is 10.0. The van der Waals surface area contributed by atoms with Crippen LogP contribution in [0.3, 0.4) is 0 Å². The molecule has 152 valence electrons. The SMILES string of the molecule is COc1cccc(/C=C(/C(=O)OCC(=O)Nc2ccc(Cl)cn2)c2ccccc2)c1. The third-order valence-corrected chi connectivity index (χ3v) is 4.26. The van der Waals surface area contributed by atoms with Gasteiger partial charge >= 0.3 is 5.97 Å². The minimum atomic E-state index is -0.622. The quantitative estimate of drug-likeness (QED) is 0.345. The van der Waals surface area contributed by atoms with E-state index in [9.17, 15) is 9.59 Å². The third kappa shape index (κ3) is 5.93. The van der Waals surface area contributed by atoms with Crippen LogP contribution in [0.5, 0.6) is 5.75 Å². The van der Waals surface area contributed by atoms with Crippen LogP contribution in [-0.2, 0) is 14.3 Å². The number of carbonyl (C=O) groups excluding carboxylic acids is 2. The van der Waals surface area contributed by atoms with Crippen LogP contribution in [0.4, 0.5) is 5.82 Å². The van der Waals surface area contributed by atoms with Crippen molar-refractivity contribution in [2.75, 3.05) is 19.0 Å². The molecule has 6 nitrogen and oxygen atoms in total. The van der Waals surface area contributed by atoms with E-state index < -0.39 is 18.5 Å². The fourth-order valence-electron chi connectivity index (χ4n) is 2.61. The van der Waals surface area contributed by atoms with Crippen LogP contribution in [0.2, 0.25) is 5.02 Å². The molecule has 0 radical (unpaired) electrons. The summed E-state index contributed by atoms with van der Waals surface area (Å²) in [6.07, 6.45) is 3.10. The average molecular weight is 423 g/mol. The number of hydrogen-bond donors (Lipinski definition) is 1. The van der Waals surface area contributed by atoms with Gasteiger partial charge in [0.25, 0.3) is 5.91 Å². The topological polar surface area (TPSA) is 77.5 Å². The Kier molecular flexibility index (Phi) is 7.19. The second-order valence-corrected chi connectivity index (χ2v) is 6.62. The van der Waals surface area contributed by atoms with Crippen LogP contribution in [0.15, 0.2) is 72.9 Å². The van der Waals surface area contributed by atoms with Gasteiger partial charge in [-0.05, 0) is 41.5 Å². The number of ether oxygens (including phenoxy) is 2. The van der Waals surface area contributed by atoms with Crippen molar-refractivity contribution in [2.24, 2.45) is 0 Å². The minimum Gasteiger partial charge on any atom is -0.497 e. The lowest BCUT2D eigenvalue weighted by molar-refractivity contribution is -0.141. The highest BCUT2D eigenvalue weighted by Gasteiger charge is 2.16. The Hall–Kier alpha value is -3.64. The molecule has 0 aliphatic rings. The molecule has 0 fully saturated rings. The van der Waals surface area contributed by atoms with E-state index in [1.165, 1.54) is 6.20 Å². The monoisotopic (exact) mass is 422 g/mol. The summed E-state index contributed by atoms with van der Waals surface area (Å²) < 4.78 is 10.5. The lowest BCUT2D eigenvalue weighted by Gasteiger charge is -2.10. The Bertz CT molecular complexity index is 1050. The molecule has 0 aliphatic heterocycles. The largest absolute Gasteiger partial charge is 0.497 e. The molecule has 0 aliphatic carbocycles. The molecule has 0 bridgehead atoms. The normalized spacial score (nSPS) is 10.9. The molecule has 0 atom stereocenters. The van der Waals surface area contributed by atoms with E-state index in [4.69, 9.17) is 21.1 Å². The van der Waals surface area contributed by atoms with Crippen LogP contribution >= 0.6 is 11.6 Å². The van der Waals surface area contributed by atoms with Crippen molar-refractivity contribution in [3.05, 3.63) is 89.1 Å². The van der Waals surface area contributed by atoms with Crippen LogP contribution < -0.4 is 10.1 Å². The maximum absolute atomic E-state index is 12.8. The summed E-state index contributed by atoms with van der Waals surface area (Å²) in [6.45, 7) is -0.453. The number of nitrogens with one attached hydrogen (secondary N) is 1. The van der Waals surface area contributed by atoms with Crippen LogP contribution in [0, 0.1) is 0 Å².